The maximum atomic E-state index is 11.6. The fourth-order valence-corrected chi connectivity index (χ4v) is 4.50. The minimum absolute atomic E-state index is 0.188. The monoisotopic (exact) mass is 427 g/mol. The lowest BCUT2D eigenvalue weighted by Crippen LogP contribution is -2.30. The molecule has 0 aliphatic heterocycles. The van der Waals surface area contributed by atoms with Gasteiger partial charge in [-0.1, -0.05) is 25.1 Å². The number of hydrogen-bond acceptors (Lipinski definition) is 4. The third kappa shape index (κ3) is 5.12. The van der Waals surface area contributed by atoms with E-state index in [0.717, 1.165) is 17.9 Å². The second-order valence-corrected chi connectivity index (χ2v) is 8.08. The van der Waals surface area contributed by atoms with Gasteiger partial charge >= 0.3 is 5.97 Å². The van der Waals surface area contributed by atoms with Crippen LogP contribution < -0.4 is 4.74 Å². The second kappa shape index (κ2) is 10.5. The molecule has 0 saturated carbocycles. The van der Waals surface area contributed by atoms with E-state index in [0.29, 0.717) is 19.6 Å². The van der Waals surface area contributed by atoms with Crippen LogP contribution in [0.5, 0.6) is 5.75 Å². The molecule has 2 aromatic heterocycles. The van der Waals surface area contributed by atoms with Gasteiger partial charge in [0.05, 0.1) is 17.1 Å². The third-order valence-electron chi connectivity index (χ3n) is 5.26. The molecule has 0 bridgehead atoms. The minimum Gasteiger partial charge on any atom is -0.492 e. The Morgan fingerprint density at radius 2 is 1.90 bits per heavy atom. The molecule has 0 aliphatic carbocycles. The second-order valence-electron chi connectivity index (χ2n) is 7.14. The van der Waals surface area contributed by atoms with E-state index < -0.39 is 12.1 Å². The van der Waals surface area contributed by atoms with Crippen LogP contribution in [0.1, 0.15) is 37.4 Å². The average Bonchev–Trinajstić information content (AvgIpc) is 3.39. The first-order valence-electron chi connectivity index (χ1n) is 10.3. The Morgan fingerprint density at radius 1 is 1.13 bits per heavy atom. The normalized spacial score (nSPS) is 13.2. The molecule has 1 N–H and O–H groups in total. The number of ether oxygens (including phenoxy) is 2. The number of benzene rings is 1. The van der Waals surface area contributed by atoms with Crippen molar-refractivity contribution in [2.75, 3.05) is 13.2 Å². The van der Waals surface area contributed by atoms with Gasteiger partial charge in [0.15, 0.2) is 6.10 Å². The maximum Gasteiger partial charge on any atom is 0.333 e. The number of nitrogens with zero attached hydrogens (tertiary/aromatic N) is 1. The number of carboxylic acid groups (broad SMARTS) is 1. The number of aromatic nitrogens is 1. The van der Waals surface area contributed by atoms with Crippen LogP contribution in [0.2, 0.25) is 0 Å². The Bertz CT molecular complexity index is 931. The summed E-state index contributed by atoms with van der Waals surface area (Å²) in [5, 5.41) is 11.6. The predicted octanol–water partition coefficient (Wildman–Crippen LogP) is 5.59. The molecule has 1 aromatic carbocycles. The average molecular weight is 428 g/mol. The summed E-state index contributed by atoms with van der Waals surface area (Å²) in [6.07, 6.45) is -0.144. The summed E-state index contributed by atoms with van der Waals surface area (Å²) in [5.74, 6) is -0.334. The molecule has 0 aliphatic rings. The molecular formula is C24H29NO4S. The lowest BCUT2D eigenvalue weighted by molar-refractivity contribution is -0.151. The number of hydrogen-bond donors (Lipinski definition) is 1. The van der Waals surface area contributed by atoms with E-state index in [-0.39, 0.29) is 5.92 Å². The minimum atomic E-state index is -0.923. The molecule has 6 heteroatoms. The van der Waals surface area contributed by atoms with E-state index in [1.165, 1.54) is 16.3 Å². The van der Waals surface area contributed by atoms with Gasteiger partial charge in [0, 0.05) is 18.2 Å². The number of carbonyl (C=O) groups is 1. The molecule has 0 amide bonds. The molecule has 0 saturated heterocycles. The summed E-state index contributed by atoms with van der Waals surface area (Å²) >= 11 is 1.73. The van der Waals surface area contributed by atoms with Gasteiger partial charge in [-0.15, -0.1) is 11.3 Å². The maximum absolute atomic E-state index is 11.6. The first kappa shape index (κ1) is 22.1. The highest BCUT2D eigenvalue weighted by Gasteiger charge is 2.28. The molecular weight excluding hydrogens is 398 g/mol. The molecule has 2 atom stereocenters. The SMILES string of the molecule is CCOC(C(=O)O)C(CC)c1ccc(OCCn2c(C)ccc2-c2cccs2)cc1. The first-order valence-corrected chi connectivity index (χ1v) is 11.2. The first-order chi connectivity index (χ1) is 14.5. The molecule has 0 fully saturated rings. The Labute approximate surface area is 181 Å². The molecule has 5 nitrogen and oxygen atoms in total. The van der Waals surface area contributed by atoms with Crippen molar-refractivity contribution in [3.63, 3.8) is 0 Å². The molecule has 0 radical (unpaired) electrons. The predicted molar refractivity (Wildman–Crippen MR) is 121 cm³/mol. The summed E-state index contributed by atoms with van der Waals surface area (Å²) in [4.78, 5) is 12.8. The van der Waals surface area contributed by atoms with Gasteiger partial charge in [0.25, 0.3) is 0 Å². The van der Waals surface area contributed by atoms with Crippen LogP contribution in [0.4, 0.5) is 0 Å². The molecule has 2 unspecified atom stereocenters. The van der Waals surface area contributed by atoms with Crippen LogP contribution in [0.15, 0.2) is 53.9 Å². The zero-order valence-electron chi connectivity index (χ0n) is 17.7. The fraction of sp³-hybridized carbons (Fsp3) is 0.375. The summed E-state index contributed by atoms with van der Waals surface area (Å²) in [7, 11) is 0. The van der Waals surface area contributed by atoms with Gasteiger partial charge < -0.3 is 19.1 Å². The number of aliphatic carboxylic acids is 1. The number of thiophene rings is 1. The molecule has 0 spiro atoms. The zero-order valence-corrected chi connectivity index (χ0v) is 18.5. The van der Waals surface area contributed by atoms with E-state index >= 15 is 0 Å². The molecule has 160 valence electrons. The summed E-state index contributed by atoms with van der Waals surface area (Å²) in [6.45, 7) is 7.59. The van der Waals surface area contributed by atoms with Crippen molar-refractivity contribution in [3.05, 3.63) is 65.2 Å². The van der Waals surface area contributed by atoms with E-state index in [1.807, 2.05) is 38.1 Å². The lowest BCUT2D eigenvalue weighted by atomic mass is 9.91. The Hall–Kier alpha value is -2.57. The highest BCUT2D eigenvalue weighted by Crippen LogP contribution is 2.29. The van der Waals surface area contributed by atoms with Crippen molar-refractivity contribution >= 4 is 17.3 Å². The van der Waals surface area contributed by atoms with E-state index in [1.54, 1.807) is 11.3 Å². The number of rotatable bonds is 11. The number of aryl methyl sites for hydroxylation is 1. The molecule has 2 heterocycles. The van der Waals surface area contributed by atoms with Crippen LogP contribution in [-0.2, 0) is 16.1 Å². The Kier molecular flexibility index (Phi) is 7.71. The van der Waals surface area contributed by atoms with Gasteiger partial charge in [-0.3, -0.25) is 0 Å². The topological polar surface area (TPSA) is 60.7 Å². The molecule has 3 rings (SSSR count). The van der Waals surface area contributed by atoms with E-state index in [9.17, 15) is 9.90 Å². The quantitative estimate of drug-likeness (QED) is 0.433. The Balaban J connectivity index is 1.63. The van der Waals surface area contributed by atoms with Crippen LogP contribution >= 0.6 is 11.3 Å². The van der Waals surface area contributed by atoms with Gasteiger partial charge in [0.1, 0.15) is 12.4 Å². The summed E-state index contributed by atoms with van der Waals surface area (Å²) in [6, 6.07) is 16.2. The van der Waals surface area contributed by atoms with E-state index in [4.69, 9.17) is 9.47 Å². The summed E-state index contributed by atoms with van der Waals surface area (Å²) < 4.78 is 13.7. The van der Waals surface area contributed by atoms with Gasteiger partial charge in [-0.2, -0.15) is 0 Å². The van der Waals surface area contributed by atoms with Crippen LogP contribution in [0, 0.1) is 6.92 Å². The lowest BCUT2D eigenvalue weighted by Gasteiger charge is -2.23. The highest BCUT2D eigenvalue weighted by atomic mass is 32.1. The van der Waals surface area contributed by atoms with Crippen molar-refractivity contribution < 1.29 is 19.4 Å². The van der Waals surface area contributed by atoms with Crippen LogP contribution in [0.25, 0.3) is 10.6 Å². The largest absolute Gasteiger partial charge is 0.492 e. The molecule has 30 heavy (non-hydrogen) atoms. The Morgan fingerprint density at radius 3 is 2.50 bits per heavy atom. The van der Waals surface area contributed by atoms with E-state index in [2.05, 4.69) is 41.1 Å². The smallest absolute Gasteiger partial charge is 0.333 e. The standard InChI is InChI=1S/C24H29NO4S/c1-4-20(23(24(26)27)28-5-2)18-9-11-19(12-10-18)29-15-14-25-17(3)8-13-21(25)22-7-6-16-30-22/h6-13,16,20,23H,4-5,14-15H2,1-3H3,(H,26,27). The fourth-order valence-electron chi connectivity index (χ4n) is 3.74. The van der Waals surface area contributed by atoms with Crippen molar-refractivity contribution in [2.45, 2.75) is 45.8 Å². The van der Waals surface area contributed by atoms with Crippen molar-refractivity contribution in [1.82, 2.24) is 4.57 Å². The van der Waals surface area contributed by atoms with Crippen molar-refractivity contribution in [3.8, 4) is 16.3 Å². The van der Waals surface area contributed by atoms with Crippen molar-refractivity contribution in [1.29, 1.82) is 0 Å². The van der Waals surface area contributed by atoms with Crippen LogP contribution in [0.3, 0.4) is 0 Å². The van der Waals surface area contributed by atoms with Crippen LogP contribution in [-0.4, -0.2) is 35.0 Å². The third-order valence-corrected chi connectivity index (χ3v) is 6.15. The van der Waals surface area contributed by atoms with Gasteiger partial charge in [-0.05, 0) is 61.5 Å². The highest BCUT2D eigenvalue weighted by molar-refractivity contribution is 7.13. The number of carboxylic acids is 1. The summed E-state index contributed by atoms with van der Waals surface area (Å²) in [5.41, 5.74) is 3.37. The van der Waals surface area contributed by atoms with Crippen molar-refractivity contribution in [2.24, 2.45) is 0 Å². The molecule has 3 aromatic rings. The van der Waals surface area contributed by atoms with Gasteiger partial charge in [-0.25, -0.2) is 4.79 Å². The van der Waals surface area contributed by atoms with Gasteiger partial charge in [0.2, 0.25) is 0 Å². The zero-order chi connectivity index (χ0) is 21.5.